The number of aromatic nitrogens is 1. The van der Waals surface area contributed by atoms with Gasteiger partial charge in [-0.3, -0.25) is 4.79 Å². The van der Waals surface area contributed by atoms with Crippen molar-refractivity contribution < 1.29 is 19.1 Å². The number of rotatable bonds is 6. The fourth-order valence-corrected chi connectivity index (χ4v) is 4.62. The number of aryl methyl sites for hydroxylation is 2. The van der Waals surface area contributed by atoms with Crippen molar-refractivity contribution in [3.63, 3.8) is 0 Å². The molecule has 0 saturated heterocycles. The number of carbonyl (C=O) groups is 2. The Kier molecular flexibility index (Phi) is 6.65. The fraction of sp³-hybridized carbons (Fsp3) is 0.241. The number of hydrogen-bond donors (Lipinski definition) is 0. The van der Waals surface area contributed by atoms with Gasteiger partial charge in [0.05, 0.1) is 37.6 Å². The maximum atomic E-state index is 13.6. The summed E-state index contributed by atoms with van der Waals surface area (Å²) in [5, 5.41) is 0. The Balaban J connectivity index is 1.81. The first-order valence-electron chi connectivity index (χ1n) is 11.5. The van der Waals surface area contributed by atoms with Gasteiger partial charge in [-0.1, -0.05) is 36.4 Å². The summed E-state index contributed by atoms with van der Waals surface area (Å²) in [5.41, 5.74) is 7.03. The molecule has 0 unspecified atom stereocenters. The Morgan fingerprint density at radius 1 is 0.971 bits per heavy atom. The zero-order chi connectivity index (χ0) is 25.3. The molecule has 6 heteroatoms. The van der Waals surface area contributed by atoms with Gasteiger partial charge in [-0.05, 0) is 68.7 Å². The summed E-state index contributed by atoms with van der Waals surface area (Å²) in [5.74, 6) is 0.0186. The van der Waals surface area contributed by atoms with E-state index in [0.717, 1.165) is 39.5 Å². The van der Waals surface area contributed by atoms with Gasteiger partial charge in [-0.2, -0.15) is 0 Å². The molecule has 35 heavy (non-hydrogen) atoms. The molecule has 2 aromatic carbocycles. The van der Waals surface area contributed by atoms with Crippen molar-refractivity contribution in [2.75, 3.05) is 14.2 Å². The van der Waals surface area contributed by atoms with Crippen LogP contribution in [0.15, 0.2) is 71.4 Å². The van der Waals surface area contributed by atoms with Crippen LogP contribution >= 0.6 is 0 Å². The maximum Gasteiger partial charge on any atom is 0.340 e. The summed E-state index contributed by atoms with van der Waals surface area (Å²) in [6, 6.07) is 17.8. The maximum absolute atomic E-state index is 13.6. The number of ether oxygens (including phenoxy) is 2. The van der Waals surface area contributed by atoms with Gasteiger partial charge < -0.3 is 18.9 Å². The van der Waals surface area contributed by atoms with E-state index in [1.165, 1.54) is 7.11 Å². The number of nitrogens with zero attached hydrogens (tertiary/aromatic N) is 2. The van der Waals surface area contributed by atoms with E-state index < -0.39 is 5.97 Å². The van der Waals surface area contributed by atoms with E-state index in [1.54, 1.807) is 25.0 Å². The highest BCUT2D eigenvalue weighted by atomic mass is 16.5. The average molecular weight is 471 g/mol. The SMILES string of the molecule is COC(=O)C1=C(C)N(Cc2ccccc2)C(=O)/C1=C\c1cc(C)n(-c2cc(C)ccc2OC)c1C. The highest BCUT2D eigenvalue weighted by Crippen LogP contribution is 2.35. The van der Waals surface area contributed by atoms with Gasteiger partial charge in [-0.25, -0.2) is 4.79 Å². The van der Waals surface area contributed by atoms with Crippen molar-refractivity contribution in [3.05, 3.63) is 99.5 Å². The van der Waals surface area contributed by atoms with Crippen LogP contribution in [0.3, 0.4) is 0 Å². The van der Waals surface area contributed by atoms with E-state index >= 15 is 0 Å². The van der Waals surface area contributed by atoms with Crippen molar-refractivity contribution in [3.8, 4) is 11.4 Å². The van der Waals surface area contributed by atoms with Crippen LogP contribution in [0, 0.1) is 20.8 Å². The molecular weight excluding hydrogens is 440 g/mol. The predicted octanol–water partition coefficient (Wildman–Crippen LogP) is 5.28. The third-order valence-corrected chi connectivity index (χ3v) is 6.43. The second kappa shape index (κ2) is 9.66. The molecule has 2 heterocycles. The topological polar surface area (TPSA) is 60.8 Å². The Hall–Kier alpha value is -4.06. The van der Waals surface area contributed by atoms with Crippen LogP contribution in [0.1, 0.15) is 35.0 Å². The summed E-state index contributed by atoms with van der Waals surface area (Å²) in [4.78, 5) is 27.9. The van der Waals surface area contributed by atoms with E-state index in [2.05, 4.69) is 10.6 Å². The fourth-order valence-electron chi connectivity index (χ4n) is 4.62. The van der Waals surface area contributed by atoms with Crippen molar-refractivity contribution in [1.29, 1.82) is 0 Å². The van der Waals surface area contributed by atoms with Crippen LogP contribution in [0.4, 0.5) is 0 Å². The van der Waals surface area contributed by atoms with Gasteiger partial charge in [0.1, 0.15) is 5.75 Å². The summed E-state index contributed by atoms with van der Waals surface area (Å²) < 4.78 is 12.8. The Morgan fingerprint density at radius 2 is 1.69 bits per heavy atom. The molecule has 0 radical (unpaired) electrons. The van der Waals surface area contributed by atoms with Crippen LogP contribution in [0.2, 0.25) is 0 Å². The second-order valence-corrected chi connectivity index (χ2v) is 8.72. The Bertz CT molecular complexity index is 1360. The van der Waals surface area contributed by atoms with Gasteiger partial charge in [0.2, 0.25) is 0 Å². The Morgan fingerprint density at radius 3 is 2.34 bits per heavy atom. The molecule has 3 aromatic rings. The number of esters is 1. The molecule has 4 rings (SSSR count). The van der Waals surface area contributed by atoms with E-state index in [-0.39, 0.29) is 5.91 Å². The number of methoxy groups -OCH3 is 2. The summed E-state index contributed by atoms with van der Waals surface area (Å²) in [6.07, 6.45) is 1.80. The zero-order valence-corrected chi connectivity index (χ0v) is 21.0. The first-order chi connectivity index (χ1) is 16.8. The van der Waals surface area contributed by atoms with Gasteiger partial charge in [0.25, 0.3) is 5.91 Å². The number of allylic oxidation sites excluding steroid dienone is 1. The third-order valence-electron chi connectivity index (χ3n) is 6.43. The third kappa shape index (κ3) is 4.39. The number of amides is 1. The Labute approximate surface area is 206 Å². The van der Waals surface area contributed by atoms with Crippen molar-refractivity contribution in [2.24, 2.45) is 0 Å². The number of carbonyl (C=O) groups excluding carboxylic acids is 2. The molecule has 0 spiro atoms. The molecular formula is C29H30N2O4. The van der Waals surface area contributed by atoms with Crippen molar-refractivity contribution in [1.82, 2.24) is 9.47 Å². The second-order valence-electron chi connectivity index (χ2n) is 8.72. The lowest BCUT2D eigenvalue weighted by Gasteiger charge is -2.17. The van der Waals surface area contributed by atoms with Gasteiger partial charge in [0.15, 0.2) is 0 Å². The first-order valence-corrected chi connectivity index (χ1v) is 11.5. The minimum atomic E-state index is -0.521. The average Bonchev–Trinajstić information content (AvgIpc) is 3.26. The number of hydrogen-bond acceptors (Lipinski definition) is 4. The summed E-state index contributed by atoms with van der Waals surface area (Å²) >= 11 is 0. The van der Waals surface area contributed by atoms with Crippen LogP contribution in [0.25, 0.3) is 11.8 Å². The molecule has 0 fully saturated rings. The molecule has 0 N–H and O–H groups in total. The molecule has 6 nitrogen and oxygen atoms in total. The largest absolute Gasteiger partial charge is 0.495 e. The van der Waals surface area contributed by atoms with E-state index in [1.807, 2.05) is 69.3 Å². The van der Waals surface area contributed by atoms with Crippen LogP contribution < -0.4 is 4.74 Å². The highest BCUT2D eigenvalue weighted by Gasteiger charge is 2.37. The normalized spacial score (nSPS) is 14.7. The van der Waals surface area contributed by atoms with E-state index in [9.17, 15) is 9.59 Å². The lowest BCUT2D eigenvalue weighted by atomic mass is 10.0. The molecule has 1 aliphatic heterocycles. The van der Waals surface area contributed by atoms with Gasteiger partial charge >= 0.3 is 5.97 Å². The van der Waals surface area contributed by atoms with E-state index in [4.69, 9.17) is 9.47 Å². The van der Waals surface area contributed by atoms with Crippen LogP contribution in [-0.2, 0) is 20.9 Å². The molecule has 0 aliphatic carbocycles. The molecule has 0 saturated carbocycles. The van der Waals surface area contributed by atoms with Crippen LogP contribution in [0.5, 0.6) is 5.75 Å². The minimum Gasteiger partial charge on any atom is -0.495 e. The first kappa shape index (κ1) is 24.1. The quantitative estimate of drug-likeness (QED) is 0.363. The molecule has 0 bridgehead atoms. The smallest absolute Gasteiger partial charge is 0.340 e. The lowest BCUT2D eigenvalue weighted by Crippen LogP contribution is -2.24. The highest BCUT2D eigenvalue weighted by molar-refractivity contribution is 6.16. The molecule has 1 aromatic heterocycles. The number of benzene rings is 2. The minimum absolute atomic E-state index is 0.218. The summed E-state index contributed by atoms with van der Waals surface area (Å²) in [6.45, 7) is 8.21. The zero-order valence-electron chi connectivity index (χ0n) is 21.0. The van der Waals surface area contributed by atoms with Crippen molar-refractivity contribution in [2.45, 2.75) is 34.2 Å². The molecule has 1 amide bonds. The van der Waals surface area contributed by atoms with Gasteiger partial charge in [0, 0.05) is 17.1 Å². The molecule has 1 aliphatic rings. The predicted molar refractivity (Wildman–Crippen MR) is 136 cm³/mol. The van der Waals surface area contributed by atoms with Crippen LogP contribution in [-0.4, -0.2) is 35.6 Å². The molecule has 180 valence electrons. The van der Waals surface area contributed by atoms with Crippen molar-refractivity contribution >= 4 is 18.0 Å². The monoisotopic (exact) mass is 470 g/mol. The van der Waals surface area contributed by atoms with Gasteiger partial charge in [-0.15, -0.1) is 0 Å². The van der Waals surface area contributed by atoms with E-state index in [0.29, 0.717) is 23.4 Å². The lowest BCUT2D eigenvalue weighted by molar-refractivity contribution is -0.136. The molecule has 0 atom stereocenters. The summed E-state index contributed by atoms with van der Waals surface area (Å²) in [7, 11) is 2.99. The standard InChI is InChI=1S/C29H30N2O4/c1-18-12-13-26(34-5)25(14-18)31-19(2)15-23(20(31)3)16-24-27(29(33)35-6)21(4)30(28(24)32)17-22-10-8-7-9-11-22/h7-16H,17H2,1-6H3/b24-16-.